The maximum atomic E-state index is 12.9. The van der Waals surface area contributed by atoms with Crippen LogP contribution >= 0.6 is 12.4 Å². The highest BCUT2D eigenvalue weighted by Gasteiger charge is 2.22. The van der Waals surface area contributed by atoms with Crippen LogP contribution in [-0.2, 0) is 10.0 Å². The number of aryl methyl sites for hydroxylation is 1. The molecule has 3 rings (SSSR count). The number of carbonyl (C=O) groups is 1. The third-order valence-electron chi connectivity index (χ3n) is 4.47. The summed E-state index contributed by atoms with van der Waals surface area (Å²) in [7, 11) is -2.28. The number of nitrogens with zero attached hydrogens (tertiary/aromatic N) is 1. The van der Waals surface area contributed by atoms with E-state index in [4.69, 9.17) is 4.74 Å². The van der Waals surface area contributed by atoms with E-state index in [1.165, 1.54) is 6.07 Å². The van der Waals surface area contributed by atoms with Gasteiger partial charge in [-0.15, -0.1) is 12.4 Å². The average Bonchev–Trinajstić information content (AvgIpc) is 2.68. The first-order chi connectivity index (χ1) is 12.9. The minimum atomic E-state index is -3.82. The van der Waals surface area contributed by atoms with Crippen LogP contribution in [0, 0.1) is 6.92 Å². The first-order valence-electron chi connectivity index (χ1n) is 8.68. The lowest BCUT2D eigenvalue weighted by Gasteiger charge is -2.27. The molecule has 28 heavy (non-hydrogen) atoms. The molecule has 2 aromatic carbocycles. The van der Waals surface area contributed by atoms with Crippen molar-refractivity contribution in [3.63, 3.8) is 0 Å². The number of sulfonamides is 1. The summed E-state index contributed by atoms with van der Waals surface area (Å²) in [4.78, 5) is 14.5. The third kappa shape index (κ3) is 4.95. The van der Waals surface area contributed by atoms with Gasteiger partial charge < -0.3 is 15.0 Å². The van der Waals surface area contributed by atoms with Gasteiger partial charge >= 0.3 is 0 Å². The van der Waals surface area contributed by atoms with E-state index in [1.807, 2.05) is 0 Å². The standard InChI is InChI=1S/C19H23N3O4S.ClH/c1-14-3-4-15(19(23)22-11-9-20-10-12-22)13-18(14)27(24,25)21-16-5-7-17(26-2)8-6-16;/h3-8,13,20-21H,9-12H2,1-2H3;1H. The number of ether oxygens (including phenoxy) is 1. The smallest absolute Gasteiger partial charge is 0.262 e. The Bertz CT molecular complexity index is 927. The minimum absolute atomic E-state index is 0. The van der Waals surface area contributed by atoms with Gasteiger partial charge in [-0.3, -0.25) is 9.52 Å². The molecule has 2 aromatic rings. The Morgan fingerprint density at radius 1 is 1.11 bits per heavy atom. The first kappa shape index (κ1) is 22.0. The molecule has 0 bridgehead atoms. The highest BCUT2D eigenvalue weighted by molar-refractivity contribution is 7.92. The molecule has 9 heteroatoms. The molecule has 1 saturated heterocycles. The second-order valence-corrected chi connectivity index (χ2v) is 8.01. The molecule has 1 amide bonds. The molecule has 0 saturated carbocycles. The Balaban J connectivity index is 0.00000280. The van der Waals surface area contributed by atoms with Crippen LogP contribution in [0.3, 0.4) is 0 Å². The third-order valence-corrected chi connectivity index (χ3v) is 5.99. The second kappa shape index (κ2) is 9.27. The van der Waals surface area contributed by atoms with E-state index >= 15 is 0 Å². The van der Waals surface area contributed by atoms with Crippen LogP contribution in [0.5, 0.6) is 5.75 Å². The summed E-state index contributed by atoms with van der Waals surface area (Å²) in [6.45, 7) is 4.41. The van der Waals surface area contributed by atoms with Crippen LogP contribution in [0.25, 0.3) is 0 Å². The first-order valence-corrected chi connectivity index (χ1v) is 10.2. The number of piperazine rings is 1. The minimum Gasteiger partial charge on any atom is -0.497 e. The van der Waals surface area contributed by atoms with Crippen LogP contribution in [0.4, 0.5) is 5.69 Å². The van der Waals surface area contributed by atoms with Gasteiger partial charge in [-0.05, 0) is 48.9 Å². The van der Waals surface area contributed by atoms with Crippen molar-refractivity contribution in [2.75, 3.05) is 38.0 Å². The number of hydrogen-bond donors (Lipinski definition) is 2. The van der Waals surface area contributed by atoms with Gasteiger partial charge in [0.1, 0.15) is 5.75 Å². The highest BCUT2D eigenvalue weighted by atomic mass is 35.5. The normalized spacial score (nSPS) is 14.1. The highest BCUT2D eigenvalue weighted by Crippen LogP contribution is 2.23. The van der Waals surface area contributed by atoms with E-state index in [-0.39, 0.29) is 23.2 Å². The zero-order valence-corrected chi connectivity index (χ0v) is 17.4. The number of hydrogen-bond acceptors (Lipinski definition) is 5. The second-order valence-electron chi connectivity index (χ2n) is 6.36. The number of nitrogens with one attached hydrogen (secondary N) is 2. The Morgan fingerprint density at radius 2 is 1.75 bits per heavy atom. The maximum Gasteiger partial charge on any atom is 0.262 e. The van der Waals surface area contributed by atoms with Crippen LogP contribution in [0.1, 0.15) is 15.9 Å². The molecule has 152 valence electrons. The topological polar surface area (TPSA) is 87.7 Å². The monoisotopic (exact) mass is 425 g/mol. The number of rotatable bonds is 5. The van der Waals surface area contributed by atoms with Crippen molar-refractivity contribution < 1.29 is 17.9 Å². The average molecular weight is 426 g/mol. The van der Waals surface area contributed by atoms with E-state index in [1.54, 1.807) is 55.3 Å². The van der Waals surface area contributed by atoms with E-state index < -0.39 is 10.0 Å². The van der Waals surface area contributed by atoms with Crippen molar-refractivity contribution >= 4 is 34.0 Å². The number of methoxy groups -OCH3 is 1. The lowest BCUT2D eigenvalue weighted by molar-refractivity contribution is 0.0735. The number of amides is 1. The largest absolute Gasteiger partial charge is 0.497 e. The summed E-state index contributed by atoms with van der Waals surface area (Å²) in [5.41, 5.74) is 1.37. The molecule has 1 heterocycles. The Morgan fingerprint density at radius 3 is 2.36 bits per heavy atom. The molecule has 1 aliphatic rings. The summed E-state index contributed by atoms with van der Waals surface area (Å²) >= 11 is 0. The SMILES string of the molecule is COc1ccc(NS(=O)(=O)c2cc(C(=O)N3CCNCC3)ccc2C)cc1.Cl. The molecule has 7 nitrogen and oxygen atoms in total. The van der Waals surface area contributed by atoms with Crippen molar-refractivity contribution in [1.82, 2.24) is 10.2 Å². The lowest BCUT2D eigenvalue weighted by atomic mass is 10.1. The number of carbonyl (C=O) groups excluding carboxylic acids is 1. The van der Waals surface area contributed by atoms with Crippen molar-refractivity contribution in [3.8, 4) is 5.75 Å². The van der Waals surface area contributed by atoms with Gasteiger partial charge in [0.2, 0.25) is 0 Å². The van der Waals surface area contributed by atoms with Crippen LogP contribution in [0.2, 0.25) is 0 Å². The van der Waals surface area contributed by atoms with Gasteiger partial charge in [-0.2, -0.15) is 0 Å². The Kier molecular flexibility index (Phi) is 7.29. The molecular formula is C19H24ClN3O4S. The van der Waals surface area contributed by atoms with Gasteiger partial charge in [-0.1, -0.05) is 6.07 Å². The summed E-state index contributed by atoms with van der Waals surface area (Å²) in [6, 6.07) is 11.4. The van der Waals surface area contributed by atoms with Crippen LogP contribution < -0.4 is 14.8 Å². The molecule has 0 aromatic heterocycles. The predicted molar refractivity (Wildman–Crippen MR) is 111 cm³/mol. The zero-order valence-electron chi connectivity index (χ0n) is 15.8. The zero-order chi connectivity index (χ0) is 19.4. The van der Waals surface area contributed by atoms with E-state index in [0.29, 0.717) is 35.7 Å². The fourth-order valence-corrected chi connectivity index (χ4v) is 4.27. The van der Waals surface area contributed by atoms with Crippen molar-refractivity contribution in [2.24, 2.45) is 0 Å². The molecule has 0 atom stereocenters. The van der Waals surface area contributed by atoms with Gasteiger partial charge in [0.05, 0.1) is 12.0 Å². The number of anilines is 1. The molecule has 2 N–H and O–H groups in total. The molecular weight excluding hydrogens is 402 g/mol. The van der Waals surface area contributed by atoms with Gasteiger partial charge in [0.15, 0.2) is 0 Å². The Hall–Kier alpha value is -2.29. The Labute approximate surface area is 171 Å². The van der Waals surface area contributed by atoms with Gasteiger partial charge in [-0.25, -0.2) is 8.42 Å². The fourth-order valence-electron chi connectivity index (χ4n) is 2.94. The van der Waals surface area contributed by atoms with Crippen LogP contribution in [-0.4, -0.2) is 52.5 Å². The number of benzene rings is 2. The van der Waals surface area contributed by atoms with Crippen LogP contribution in [0.15, 0.2) is 47.4 Å². The van der Waals surface area contributed by atoms with E-state index in [0.717, 1.165) is 13.1 Å². The lowest BCUT2D eigenvalue weighted by Crippen LogP contribution is -2.46. The number of halogens is 1. The van der Waals surface area contributed by atoms with Crippen molar-refractivity contribution in [1.29, 1.82) is 0 Å². The fraction of sp³-hybridized carbons (Fsp3) is 0.316. The summed E-state index contributed by atoms with van der Waals surface area (Å²) in [5.74, 6) is 0.482. The molecule has 1 aliphatic heterocycles. The molecule has 0 spiro atoms. The van der Waals surface area contributed by atoms with Gasteiger partial charge in [0.25, 0.3) is 15.9 Å². The molecule has 0 unspecified atom stereocenters. The van der Waals surface area contributed by atoms with Crippen molar-refractivity contribution in [2.45, 2.75) is 11.8 Å². The van der Waals surface area contributed by atoms with Crippen molar-refractivity contribution in [3.05, 3.63) is 53.6 Å². The quantitative estimate of drug-likeness (QED) is 0.767. The summed E-state index contributed by atoms with van der Waals surface area (Å²) < 4.78 is 33.3. The molecule has 1 fully saturated rings. The summed E-state index contributed by atoms with van der Waals surface area (Å²) in [5, 5.41) is 3.19. The summed E-state index contributed by atoms with van der Waals surface area (Å²) in [6.07, 6.45) is 0. The van der Waals surface area contributed by atoms with Gasteiger partial charge in [0, 0.05) is 37.4 Å². The predicted octanol–water partition coefficient (Wildman–Crippen LogP) is 2.27. The van der Waals surface area contributed by atoms with E-state index in [9.17, 15) is 13.2 Å². The maximum absolute atomic E-state index is 12.9. The van der Waals surface area contributed by atoms with E-state index in [2.05, 4.69) is 10.0 Å². The molecule has 0 radical (unpaired) electrons. The molecule has 0 aliphatic carbocycles.